The van der Waals surface area contributed by atoms with Crippen LogP contribution in [0.4, 0.5) is 11.5 Å². The maximum atomic E-state index is 12.0. The third kappa shape index (κ3) is 5.24. The molecule has 0 saturated carbocycles. The van der Waals surface area contributed by atoms with E-state index >= 15 is 0 Å². The van der Waals surface area contributed by atoms with Gasteiger partial charge in [-0.25, -0.2) is 4.98 Å². The van der Waals surface area contributed by atoms with Crippen molar-refractivity contribution < 1.29 is 9.59 Å². The molecule has 7 heteroatoms. The van der Waals surface area contributed by atoms with Gasteiger partial charge in [-0.2, -0.15) is 0 Å². The molecule has 0 atom stereocenters. The molecule has 1 aromatic carbocycles. The van der Waals surface area contributed by atoms with E-state index in [1.54, 1.807) is 26.2 Å². The Balaban J connectivity index is 1.95. The molecule has 1 heterocycles. The molecule has 24 heavy (non-hydrogen) atoms. The minimum Gasteiger partial charge on any atom is -0.376 e. The largest absolute Gasteiger partial charge is 0.376 e. The summed E-state index contributed by atoms with van der Waals surface area (Å²) in [5.74, 6) is 0.194. The summed E-state index contributed by atoms with van der Waals surface area (Å²) in [5, 5.41) is 6.23. The molecule has 0 unspecified atom stereocenters. The lowest BCUT2D eigenvalue weighted by Crippen LogP contribution is -2.25. The van der Waals surface area contributed by atoms with Crippen molar-refractivity contribution in [2.24, 2.45) is 0 Å². The summed E-state index contributed by atoms with van der Waals surface area (Å²) in [6.45, 7) is 0.0669. The fourth-order valence-corrected chi connectivity index (χ4v) is 2.09. The minimum atomic E-state index is -0.237. The van der Waals surface area contributed by atoms with Gasteiger partial charge in [0, 0.05) is 26.0 Å². The van der Waals surface area contributed by atoms with Crippen LogP contribution in [0.1, 0.15) is 5.56 Å². The molecular formula is C17H19ClN4O2. The summed E-state index contributed by atoms with van der Waals surface area (Å²) in [6, 6.07) is 10.7. The molecule has 0 aliphatic carbocycles. The third-order valence-corrected chi connectivity index (χ3v) is 3.52. The van der Waals surface area contributed by atoms with Crippen molar-refractivity contribution >= 4 is 34.9 Å². The number of hydrogen-bond acceptors (Lipinski definition) is 4. The fourth-order valence-electron chi connectivity index (χ4n) is 1.98. The van der Waals surface area contributed by atoms with Gasteiger partial charge in [0.15, 0.2) is 0 Å². The van der Waals surface area contributed by atoms with Gasteiger partial charge in [-0.1, -0.05) is 29.8 Å². The number of nitrogens with zero attached hydrogens (tertiary/aromatic N) is 2. The zero-order valence-electron chi connectivity index (χ0n) is 13.5. The van der Waals surface area contributed by atoms with Gasteiger partial charge in [0.05, 0.1) is 18.0 Å². The van der Waals surface area contributed by atoms with E-state index < -0.39 is 0 Å². The Morgan fingerprint density at radius 3 is 2.58 bits per heavy atom. The number of anilines is 2. The van der Waals surface area contributed by atoms with Crippen LogP contribution in [0.2, 0.25) is 5.02 Å². The van der Waals surface area contributed by atoms with Crippen LogP contribution in [0, 0.1) is 0 Å². The molecule has 2 rings (SSSR count). The van der Waals surface area contributed by atoms with Crippen molar-refractivity contribution in [3.05, 3.63) is 53.2 Å². The zero-order valence-corrected chi connectivity index (χ0v) is 14.3. The molecule has 0 aliphatic rings. The quantitative estimate of drug-likeness (QED) is 0.842. The van der Waals surface area contributed by atoms with Gasteiger partial charge in [0.2, 0.25) is 11.8 Å². The van der Waals surface area contributed by atoms with Gasteiger partial charge in [-0.15, -0.1) is 0 Å². The van der Waals surface area contributed by atoms with Gasteiger partial charge in [0.1, 0.15) is 5.82 Å². The van der Waals surface area contributed by atoms with Crippen LogP contribution in [-0.2, 0) is 16.0 Å². The predicted molar refractivity (Wildman–Crippen MR) is 95.2 cm³/mol. The second-order valence-corrected chi connectivity index (χ2v) is 5.82. The van der Waals surface area contributed by atoms with Crippen molar-refractivity contribution in [3.8, 4) is 0 Å². The molecule has 126 valence electrons. The van der Waals surface area contributed by atoms with Crippen LogP contribution in [0.25, 0.3) is 0 Å². The molecule has 1 aromatic heterocycles. The van der Waals surface area contributed by atoms with E-state index in [4.69, 9.17) is 11.6 Å². The number of aromatic nitrogens is 1. The Morgan fingerprint density at radius 2 is 1.92 bits per heavy atom. The molecule has 0 saturated heterocycles. The smallest absolute Gasteiger partial charge is 0.244 e. The zero-order chi connectivity index (χ0) is 17.5. The van der Waals surface area contributed by atoms with Gasteiger partial charge in [-0.05, 0) is 23.8 Å². The molecule has 0 bridgehead atoms. The average molecular weight is 347 g/mol. The standard InChI is InChI=1S/C17H19ClN4O2/c1-22(2)17(24)9-12-5-3-4-6-14(12)19-11-16(23)21-15-8-7-13(18)10-20-15/h3-8,10,19H,9,11H2,1-2H3,(H,20,21,23). The van der Waals surface area contributed by atoms with Crippen LogP contribution >= 0.6 is 11.6 Å². The summed E-state index contributed by atoms with van der Waals surface area (Å²) in [4.78, 5) is 29.4. The molecular weight excluding hydrogens is 328 g/mol. The van der Waals surface area contributed by atoms with Crippen molar-refractivity contribution in [2.75, 3.05) is 31.3 Å². The van der Waals surface area contributed by atoms with E-state index in [9.17, 15) is 9.59 Å². The first-order chi connectivity index (χ1) is 11.5. The number of hydrogen-bond donors (Lipinski definition) is 2. The van der Waals surface area contributed by atoms with Gasteiger partial charge in [0.25, 0.3) is 0 Å². The van der Waals surface area contributed by atoms with E-state index in [-0.39, 0.29) is 24.8 Å². The Hall–Kier alpha value is -2.60. The molecule has 2 aromatic rings. The van der Waals surface area contributed by atoms with Gasteiger partial charge >= 0.3 is 0 Å². The number of pyridine rings is 1. The summed E-state index contributed by atoms with van der Waals surface area (Å²) >= 11 is 5.75. The van der Waals surface area contributed by atoms with E-state index in [0.29, 0.717) is 10.8 Å². The van der Waals surface area contributed by atoms with E-state index in [0.717, 1.165) is 11.3 Å². The summed E-state index contributed by atoms with van der Waals surface area (Å²) in [5.41, 5.74) is 1.60. The average Bonchev–Trinajstić information content (AvgIpc) is 2.56. The van der Waals surface area contributed by atoms with Crippen LogP contribution in [-0.4, -0.2) is 42.3 Å². The number of amides is 2. The lowest BCUT2D eigenvalue weighted by Gasteiger charge is -2.14. The van der Waals surface area contributed by atoms with Crippen molar-refractivity contribution in [3.63, 3.8) is 0 Å². The number of rotatable bonds is 6. The highest BCUT2D eigenvalue weighted by Gasteiger charge is 2.10. The first-order valence-corrected chi connectivity index (χ1v) is 7.77. The third-order valence-electron chi connectivity index (χ3n) is 3.29. The number of carbonyl (C=O) groups is 2. The molecule has 0 fully saturated rings. The molecule has 2 amide bonds. The number of carbonyl (C=O) groups excluding carboxylic acids is 2. The maximum Gasteiger partial charge on any atom is 0.244 e. The first-order valence-electron chi connectivity index (χ1n) is 7.39. The highest BCUT2D eigenvalue weighted by Crippen LogP contribution is 2.16. The molecule has 0 aliphatic heterocycles. The van der Waals surface area contributed by atoms with Crippen molar-refractivity contribution in [2.45, 2.75) is 6.42 Å². The minimum absolute atomic E-state index is 0.000865. The SMILES string of the molecule is CN(C)C(=O)Cc1ccccc1NCC(=O)Nc1ccc(Cl)cn1. The molecule has 0 radical (unpaired) electrons. The Labute approximate surface area is 145 Å². The van der Waals surface area contributed by atoms with E-state index in [1.807, 2.05) is 24.3 Å². The summed E-state index contributed by atoms with van der Waals surface area (Å²) < 4.78 is 0. The molecule has 2 N–H and O–H groups in total. The topological polar surface area (TPSA) is 74.3 Å². The summed E-state index contributed by atoms with van der Waals surface area (Å²) in [6.07, 6.45) is 1.74. The van der Waals surface area contributed by atoms with Gasteiger partial charge in [-0.3, -0.25) is 9.59 Å². The number of likely N-dealkylation sites (N-methyl/N-ethyl adjacent to an activating group) is 1. The molecule has 6 nitrogen and oxygen atoms in total. The van der Waals surface area contributed by atoms with Crippen molar-refractivity contribution in [1.82, 2.24) is 9.88 Å². The number of benzene rings is 1. The van der Waals surface area contributed by atoms with E-state index in [2.05, 4.69) is 15.6 Å². The fraction of sp³-hybridized carbons (Fsp3) is 0.235. The van der Waals surface area contributed by atoms with Crippen LogP contribution in [0.15, 0.2) is 42.6 Å². The second kappa shape index (κ2) is 8.31. The first kappa shape index (κ1) is 17.7. The number of halogens is 1. The van der Waals surface area contributed by atoms with Crippen LogP contribution in [0.5, 0.6) is 0 Å². The Morgan fingerprint density at radius 1 is 1.17 bits per heavy atom. The number of para-hydroxylation sites is 1. The summed E-state index contributed by atoms with van der Waals surface area (Å²) in [7, 11) is 3.43. The lowest BCUT2D eigenvalue weighted by molar-refractivity contribution is -0.127. The highest BCUT2D eigenvalue weighted by atomic mass is 35.5. The second-order valence-electron chi connectivity index (χ2n) is 5.39. The van der Waals surface area contributed by atoms with Crippen molar-refractivity contribution in [1.29, 1.82) is 0 Å². The van der Waals surface area contributed by atoms with E-state index in [1.165, 1.54) is 11.1 Å². The lowest BCUT2D eigenvalue weighted by atomic mass is 10.1. The number of nitrogens with one attached hydrogen (secondary N) is 2. The van der Waals surface area contributed by atoms with Gasteiger partial charge < -0.3 is 15.5 Å². The predicted octanol–water partition coefficient (Wildman–Crippen LogP) is 2.42. The van der Waals surface area contributed by atoms with Crippen LogP contribution in [0.3, 0.4) is 0 Å². The van der Waals surface area contributed by atoms with Crippen LogP contribution < -0.4 is 10.6 Å². The molecule has 0 spiro atoms. The Bertz CT molecular complexity index is 717. The normalized spacial score (nSPS) is 10.1. The highest BCUT2D eigenvalue weighted by molar-refractivity contribution is 6.30. The monoisotopic (exact) mass is 346 g/mol. The Kier molecular flexibility index (Phi) is 6.14. The maximum absolute atomic E-state index is 12.0.